The average molecular weight is 252 g/mol. The Morgan fingerprint density at radius 2 is 2.22 bits per heavy atom. The standard InChI is InChI=1S/C12H16N2O4/c1-8-7-14(12(16)13-11(8)15)10-4-3-9(18-10)5-6-17-2/h3-4,7,9-10H,5-6H2,1-2H3,(H,13,15,16)/t9-,10+/m0/s1. The van der Waals surface area contributed by atoms with Crippen molar-refractivity contribution >= 4 is 0 Å². The Morgan fingerprint density at radius 1 is 1.44 bits per heavy atom. The molecular formula is C12H16N2O4. The monoisotopic (exact) mass is 252 g/mol. The first kappa shape index (κ1) is 12.8. The zero-order valence-corrected chi connectivity index (χ0v) is 10.4. The summed E-state index contributed by atoms with van der Waals surface area (Å²) in [5.41, 5.74) is -0.353. The smallest absolute Gasteiger partial charge is 0.330 e. The molecule has 0 saturated heterocycles. The van der Waals surface area contributed by atoms with Crippen molar-refractivity contribution in [3.8, 4) is 0 Å². The van der Waals surface area contributed by atoms with Crippen molar-refractivity contribution in [3.63, 3.8) is 0 Å². The van der Waals surface area contributed by atoms with Crippen LogP contribution in [0.1, 0.15) is 18.2 Å². The van der Waals surface area contributed by atoms with Gasteiger partial charge in [-0.15, -0.1) is 0 Å². The van der Waals surface area contributed by atoms with Crippen molar-refractivity contribution in [1.29, 1.82) is 0 Å². The lowest BCUT2D eigenvalue weighted by Gasteiger charge is -2.16. The van der Waals surface area contributed by atoms with Gasteiger partial charge in [0.25, 0.3) is 5.56 Å². The lowest BCUT2D eigenvalue weighted by Crippen LogP contribution is -2.33. The van der Waals surface area contributed by atoms with Crippen molar-refractivity contribution in [2.75, 3.05) is 13.7 Å². The normalized spacial score (nSPS) is 22.6. The largest absolute Gasteiger partial charge is 0.385 e. The predicted octanol–water partition coefficient (Wildman–Crippen LogP) is 0.335. The number of rotatable bonds is 4. The molecule has 2 atom stereocenters. The van der Waals surface area contributed by atoms with Gasteiger partial charge in [-0.25, -0.2) is 4.79 Å². The van der Waals surface area contributed by atoms with Gasteiger partial charge in [0.1, 0.15) is 0 Å². The van der Waals surface area contributed by atoms with E-state index in [0.29, 0.717) is 12.2 Å². The van der Waals surface area contributed by atoms with Crippen LogP contribution < -0.4 is 11.2 Å². The van der Waals surface area contributed by atoms with Crippen LogP contribution in [0, 0.1) is 6.92 Å². The van der Waals surface area contributed by atoms with E-state index in [1.54, 1.807) is 20.1 Å². The summed E-state index contributed by atoms with van der Waals surface area (Å²) in [4.78, 5) is 25.2. The number of H-pyrrole nitrogens is 1. The van der Waals surface area contributed by atoms with Crippen LogP contribution in [0.5, 0.6) is 0 Å². The molecule has 0 saturated carbocycles. The Kier molecular flexibility index (Phi) is 3.78. The molecule has 6 heteroatoms. The molecule has 98 valence electrons. The molecule has 1 aromatic heterocycles. The third-order valence-corrected chi connectivity index (χ3v) is 2.83. The number of ether oxygens (including phenoxy) is 2. The molecule has 1 N–H and O–H groups in total. The molecular weight excluding hydrogens is 236 g/mol. The Hall–Kier alpha value is -1.66. The van der Waals surface area contributed by atoms with E-state index in [4.69, 9.17) is 9.47 Å². The number of hydrogen-bond donors (Lipinski definition) is 1. The summed E-state index contributed by atoms with van der Waals surface area (Å²) in [6, 6.07) is 0. The number of aromatic amines is 1. The second kappa shape index (κ2) is 5.32. The lowest BCUT2D eigenvalue weighted by molar-refractivity contribution is 0.00139. The Labute approximate surface area is 104 Å². The van der Waals surface area contributed by atoms with E-state index in [0.717, 1.165) is 6.42 Å². The zero-order valence-electron chi connectivity index (χ0n) is 10.4. The van der Waals surface area contributed by atoms with E-state index in [1.165, 1.54) is 10.8 Å². The summed E-state index contributed by atoms with van der Waals surface area (Å²) in [5.74, 6) is 0. The Bertz CT molecular complexity index is 558. The minimum absolute atomic E-state index is 0.0610. The third-order valence-electron chi connectivity index (χ3n) is 2.83. The third kappa shape index (κ3) is 2.60. The van der Waals surface area contributed by atoms with E-state index in [1.807, 2.05) is 6.08 Å². The molecule has 2 heterocycles. The number of nitrogens with one attached hydrogen (secondary N) is 1. The summed E-state index contributed by atoms with van der Waals surface area (Å²) in [7, 11) is 1.63. The zero-order chi connectivity index (χ0) is 13.1. The van der Waals surface area contributed by atoms with Gasteiger partial charge in [-0.3, -0.25) is 14.3 Å². The molecule has 0 radical (unpaired) electrons. The minimum atomic E-state index is -0.465. The summed E-state index contributed by atoms with van der Waals surface area (Å²) in [5, 5.41) is 0. The van der Waals surface area contributed by atoms with E-state index in [-0.39, 0.29) is 11.7 Å². The summed E-state index contributed by atoms with van der Waals surface area (Å²) in [6.45, 7) is 2.25. The van der Waals surface area contributed by atoms with E-state index in [2.05, 4.69) is 4.98 Å². The lowest BCUT2D eigenvalue weighted by atomic mass is 10.3. The van der Waals surface area contributed by atoms with Crippen LogP contribution in [0.2, 0.25) is 0 Å². The maximum absolute atomic E-state index is 11.7. The molecule has 0 aromatic carbocycles. The van der Waals surface area contributed by atoms with Crippen LogP contribution in [0.25, 0.3) is 0 Å². The number of hydrogen-bond acceptors (Lipinski definition) is 4. The van der Waals surface area contributed by atoms with Gasteiger partial charge in [0.05, 0.1) is 6.10 Å². The van der Waals surface area contributed by atoms with Gasteiger partial charge in [0, 0.05) is 31.9 Å². The molecule has 1 aliphatic heterocycles. The SMILES string of the molecule is COCC[C@@H]1C=C[C@H](n2cc(C)c(=O)[nH]c2=O)O1. The molecule has 6 nitrogen and oxygen atoms in total. The van der Waals surface area contributed by atoms with Crippen LogP contribution in [0.4, 0.5) is 0 Å². The van der Waals surface area contributed by atoms with Crippen molar-refractivity contribution in [1.82, 2.24) is 9.55 Å². The van der Waals surface area contributed by atoms with Crippen LogP contribution in [0.15, 0.2) is 27.9 Å². The number of methoxy groups -OCH3 is 1. The fourth-order valence-electron chi connectivity index (χ4n) is 1.82. The molecule has 0 unspecified atom stereocenters. The van der Waals surface area contributed by atoms with Crippen molar-refractivity contribution in [2.45, 2.75) is 25.7 Å². The maximum atomic E-state index is 11.7. The van der Waals surface area contributed by atoms with Crippen molar-refractivity contribution < 1.29 is 9.47 Å². The highest BCUT2D eigenvalue weighted by atomic mass is 16.5. The number of aryl methyl sites for hydroxylation is 1. The van der Waals surface area contributed by atoms with Crippen LogP contribution in [-0.2, 0) is 9.47 Å². The van der Waals surface area contributed by atoms with Gasteiger partial charge in [0.2, 0.25) is 0 Å². The molecule has 18 heavy (non-hydrogen) atoms. The topological polar surface area (TPSA) is 73.3 Å². The van der Waals surface area contributed by atoms with Crippen LogP contribution in [-0.4, -0.2) is 29.4 Å². The first-order valence-corrected chi connectivity index (χ1v) is 5.76. The molecule has 1 aromatic rings. The summed E-state index contributed by atoms with van der Waals surface area (Å²) >= 11 is 0. The molecule has 1 aliphatic rings. The highest BCUT2D eigenvalue weighted by Crippen LogP contribution is 2.21. The fourth-order valence-corrected chi connectivity index (χ4v) is 1.82. The second-order valence-electron chi connectivity index (χ2n) is 4.21. The van der Waals surface area contributed by atoms with Gasteiger partial charge in [0.15, 0.2) is 6.23 Å². The van der Waals surface area contributed by atoms with E-state index < -0.39 is 11.9 Å². The van der Waals surface area contributed by atoms with Crippen molar-refractivity contribution in [2.24, 2.45) is 0 Å². The molecule has 0 bridgehead atoms. The van der Waals surface area contributed by atoms with Gasteiger partial charge in [-0.2, -0.15) is 0 Å². The highest BCUT2D eigenvalue weighted by molar-refractivity contribution is 5.06. The van der Waals surface area contributed by atoms with E-state index in [9.17, 15) is 9.59 Å². The van der Waals surface area contributed by atoms with Gasteiger partial charge in [-0.05, 0) is 13.0 Å². The van der Waals surface area contributed by atoms with E-state index >= 15 is 0 Å². The minimum Gasteiger partial charge on any atom is -0.385 e. The highest BCUT2D eigenvalue weighted by Gasteiger charge is 2.21. The molecule has 0 spiro atoms. The summed E-state index contributed by atoms with van der Waals surface area (Å²) < 4.78 is 12.0. The first-order valence-electron chi connectivity index (χ1n) is 5.76. The van der Waals surface area contributed by atoms with Gasteiger partial charge in [-0.1, -0.05) is 6.08 Å². The van der Waals surface area contributed by atoms with Crippen LogP contribution >= 0.6 is 0 Å². The molecule has 0 fully saturated rings. The van der Waals surface area contributed by atoms with Gasteiger partial charge >= 0.3 is 5.69 Å². The Balaban J connectivity index is 2.15. The molecule has 0 amide bonds. The average Bonchev–Trinajstić information content (AvgIpc) is 2.79. The second-order valence-corrected chi connectivity index (χ2v) is 4.21. The quantitative estimate of drug-likeness (QED) is 0.784. The molecule has 0 aliphatic carbocycles. The van der Waals surface area contributed by atoms with Crippen LogP contribution in [0.3, 0.4) is 0 Å². The fraction of sp³-hybridized carbons (Fsp3) is 0.500. The number of aromatic nitrogens is 2. The van der Waals surface area contributed by atoms with Gasteiger partial charge < -0.3 is 9.47 Å². The maximum Gasteiger partial charge on any atom is 0.330 e. The number of nitrogens with zero attached hydrogens (tertiary/aromatic N) is 1. The first-order chi connectivity index (χ1) is 8.61. The Morgan fingerprint density at radius 3 is 2.94 bits per heavy atom. The summed E-state index contributed by atoms with van der Waals surface area (Å²) in [6.07, 6.45) is 5.43. The predicted molar refractivity (Wildman–Crippen MR) is 65.6 cm³/mol. The molecule has 2 rings (SSSR count). The van der Waals surface area contributed by atoms with Crippen molar-refractivity contribution in [3.05, 3.63) is 44.8 Å².